The van der Waals surface area contributed by atoms with Crippen molar-refractivity contribution in [2.75, 3.05) is 5.32 Å². The first-order valence-corrected chi connectivity index (χ1v) is 12.5. The molecule has 2 aromatic carbocycles. The largest absolute Gasteiger partial charge is 0.317 e. The number of rotatable bonds is 4. The molecule has 3 nitrogen and oxygen atoms in total. The van der Waals surface area contributed by atoms with E-state index in [2.05, 4.69) is 62.5 Å². The Labute approximate surface area is 191 Å². The van der Waals surface area contributed by atoms with Crippen molar-refractivity contribution >= 4 is 43.8 Å². The number of para-hydroxylation sites is 1. The number of benzene rings is 2. The van der Waals surface area contributed by atoms with Gasteiger partial charge in [0.1, 0.15) is 10.0 Å². The molecule has 5 heteroatoms. The highest BCUT2D eigenvalue weighted by Crippen LogP contribution is 2.47. The van der Waals surface area contributed by atoms with Crippen molar-refractivity contribution in [1.82, 2.24) is 4.98 Å². The van der Waals surface area contributed by atoms with Crippen LogP contribution in [0.2, 0.25) is 0 Å². The third-order valence-corrected chi connectivity index (χ3v) is 8.35. The van der Waals surface area contributed by atoms with Gasteiger partial charge in [-0.2, -0.15) is 0 Å². The molecule has 0 saturated carbocycles. The van der Waals surface area contributed by atoms with E-state index in [0.717, 1.165) is 45.1 Å². The topological polar surface area (TPSA) is 42.0 Å². The lowest BCUT2D eigenvalue weighted by molar-refractivity contribution is -0.115. The molecule has 1 amide bonds. The number of nitrogens with zero attached hydrogens (tertiary/aromatic N) is 1. The number of thiazole rings is 1. The number of carbonyl (C=O) groups is 1. The third kappa shape index (κ3) is 4.04. The molecule has 5 rings (SSSR count). The zero-order valence-corrected chi connectivity index (χ0v) is 19.8. The van der Waals surface area contributed by atoms with Crippen LogP contribution in [-0.2, 0) is 24.1 Å². The van der Waals surface area contributed by atoms with Crippen LogP contribution in [0.15, 0.2) is 42.5 Å². The van der Waals surface area contributed by atoms with Gasteiger partial charge >= 0.3 is 0 Å². The molecule has 1 atom stereocenters. The number of fused-ring (bicyclic) bond motifs is 2. The van der Waals surface area contributed by atoms with Crippen LogP contribution in [-0.4, -0.2) is 10.9 Å². The number of anilines is 1. The Morgan fingerprint density at radius 2 is 2.00 bits per heavy atom. The minimum absolute atomic E-state index is 0.0442. The van der Waals surface area contributed by atoms with Gasteiger partial charge in [0.25, 0.3) is 0 Å². The first-order chi connectivity index (χ1) is 15.0. The fraction of sp³-hybridized carbons (Fsp3) is 0.308. The Morgan fingerprint density at radius 1 is 1.16 bits per heavy atom. The highest BCUT2D eigenvalue weighted by atomic mass is 32.1. The lowest BCUT2D eigenvalue weighted by atomic mass is 9.88. The highest BCUT2D eigenvalue weighted by molar-refractivity contribution is 7.22. The number of nitrogens with one attached hydrogen (secondary N) is 1. The summed E-state index contributed by atoms with van der Waals surface area (Å²) in [6.45, 7) is 6.46. The summed E-state index contributed by atoms with van der Waals surface area (Å²) in [5, 5.41) is 5.26. The first kappa shape index (κ1) is 20.4. The minimum atomic E-state index is 0.0442. The van der Waals surface area contributed by atoms with Gasteiger partial charge in [0.05, 0.1) is 16.6 Å². The smallest absolute Gasteiger partial charge is 0.229 e. The van der Waals surface area contributed by atoms with Crippen LogP contribution < -0.4 is 5.32 Å². The van der Waals surface area contributed by atoms with Gasteiger partial charge < -0.3 is 5.32 Å². The number of carbonyl (C=O) groups excluding carboxylic acids is 1. The zero-order valence-electron chi connectivity index (χ0n) is 18.1. The van der Waals surface area contributed by atoms with E-state index in [1.807, 2.05) is 6.07 Å². The molecule has 2 aromatic heterocycles. The van der Waals surface area contributed by atoms with Gasteiger partial charge in [-0.1, -0.05) is 42.8 Å². The van der Waals surface area contributed by atoms with E-state index in [1.165, 1.54) is 27.1 Å². The van der Waals surface area contributed by atoms with Gasteiger partial charge in [-0.25, -0.2) is 4.98 Å². The van der Waals surface area contributed by atoms with Crippen molar-refractivity contribution < 1.29 is 4.79 Å². The van der Waals surface area contributed by atoms with Crippen molar-refractivity contribution in [3.05, 3.63) is 69.6 Å². The zero-order chi connectivity index (χ0) is 21.5. The lowest BCUT2D eigenvalue weighted by Crippen LogP contribution is -2.15. The van der Waals surface area contributed by atoms with Crippen LogP contribution >= 0.6 is 22.7 Å². The maximum Gasteiger partial charge on any atom is 0.229 e. The molecule has 4 aromatic rings. The standard InChI is InChI=1S/C26H26N2OS2/c1-15-8-10-17(3)18(12-15)14-23(29)28-26-24(19-11-9-16(2)13-22(19)31-26)25-27-20-6-4-5-7-21(20)30-25/h4-8,10,12,16H,9,11,13-14H2,1-3H3,(H,28,29). The minimum Gasteiger partial charge on any atom is -0.317 e. The molecule has 1 unspecified atom stereocenters. The molecule has 1 N–H and O–H groups in total. The monoisotopic (exact) mass is 446 g/mol. The normalized spacial score (nSPS) is 15.8. The number of thiophene rings is 1. The number of aryl methyl sites for hydroxylation is 2. The molecule has 31 heavy (non-hydrogen) atoms. The molecule has 2 heterocycles. The van der Waals surface area contributed by atoms with E-state index in [0.29, 0.717) is 12.3 Å². The maximum atomic E-state index is 13.1. The van der Waals surface area contributed by atoms with Gasteiger partial charge in [0.2, 0.25) is 5.91 Å². The molecule has 0 fully saturated rings. The Morgan fingerprint density at radius 3 is 2.84 bits per heavy atom. The van der Waals surface area contributed by atoms with Crippen LogP contribution in [0.3, 0.4) is 0 Å². The Hall–Kier alpha value is -2.50. The van der Waals surface area contributed by atoms with Crippen LogP contribution in [0, 0.1) is 19.8 Å². The number of aromatic nitrogens is 1. The molecular weight excluding hydrogens is 420 g/mol. The first-order valence-electron chi connectivity index (χ1n) is 10.8. The predicted octanol–water partition coefficient (Wildman–Crippen LogP) is 6.95. The quantitative estimate of drug-likeness (QED) is 0.369. The van der Waals surface area contributed by atoms with E-state index in [4.69, 9.17) is 4.98 Å². The summed E-state index contributed by atoms with van der Waals surface area (Å²) in [6.07, 6.45) is 3.74. The fourth-order valence-electron chi connectivity index (χ4n) is 4.38. The van der Waals surface area contributed by atoms with E-state index in [-0.39, 0.29) is 5.91 Å². The SMILES string of the molecule is Cc1ccc(C)c(CC(=O)Nc2sc3c(c2-c2nc4ccccc4s2)CCC(C)C3)c1. The molecule has 0 spiro atoms. The summed E-state index contributed by atoms with van der Waals surface area (Å²) in [5.41, 5.74) is 7.01. The molecule has 0 saturated heterocycles. The summed E-state index contributed by atoms with van der Waals surface area (Å²) in [6, 6.07) is 14.6. The molecule has 158 valence electrons. The van der Waals surface area contributed by atoms with Crippen LogP contribution in [0.25, 0.3) is 20.8 Å². The Kier molecular flexibility index (Phi) is 5.40. The summed E-state index contributed by atoms with van der Waals surface area (Å²) >= 11 is 3.47. The average Bonchev–Trinajstić information content (AvgIpc) is 3.30. The van der Waals surface area contributed by atoms with E-state index < -0.39 is 0 Å². The second kappa shape index (κ2) is 8.21. The lowest BCUT2D eigenvalue weighted by Gasteiger charge is -2.18. The number of amides is 1. The van der Waals surface area contributed by atoms with Crippen molar-refractivity contribution in [3.8, 4) is 10.6 Å². The van der Waals surface area contributed by atoms with Crippen LogP contribution in [0.1, 0.15) is 40.5 Å². The van der Waals surface area contributed by atoms with E-state index >= 15 is 0 Å². The van der Waals surface area contributed by atoms with Gasteiger partial charge in [-0.3, -0.25) is 4.79 Å². The number of hydrogen-bond acceptors (Lipinski definition) is 4. The van der Waals surface area contributed by atoms with Crippen molar-refractivity contribution in [2.24, 2.45) is 5.92 Å². The maximum absolute atomic E-state index is 13.1. The van der Waals surface area contributed by atoms with E-state index in [9.17, 15) is 4.79 Å². The average molecular weight is 447 g/mol. The molecule has 1 aliphatic rings. The Balaban J connectivity index is 1.52. The predicted molar refractivity (Wildman–Crippen MR) is 132 cm³/mol. The summed E-state index contributed by atoms with van der Waals surface area (Å²) < 4.78 is 1.19. The van der Waals surface area contributed by atoms with Crippen molar-refractivity contribution in [1.29, 1.82) is 0 Å². The Bertz CT molecular complexity index is 1250. The van der Waals surface area contributed by atoms with Gasteiger partial charge in [-0.05, 0) is 67.9 Å². The van der Waals surface area contributed by atoms with Gasteiger partial charge in [0.15, 0.2) is 0 Å². The number of hydrogen-bond donors (Lipinski definition) is 1. The summed E-state index contributed by atoms with van der Waals surface area (Å²) in [4.78, 5) is 19.4. The second-order valence-corrected chi connectivity index (χ2v) is 10.8. The van der Waals surface area contributed by atoms with Crippen molar-refractivity contribution in [2.45, 2.75) is 46.5 Å². The van der Waals surface area contributed by atoms with Crippen molar-refractivity contribution in [3.63, 3.8) is 0 Å². The second-order valence-electron chi connectivity index (χ2n) is 8.70. The molecule has 0 radical (unpaired) electrons. The molecule has 1 aliphatic carbocycles. The van der Waals surface area contributed by atoms with Crippen LogP contribution in [0.5, 0.6) is 0 Å². The summed E-state index contributed by atoms with van der Waals surface area (Å²) in [7, 11) is 0. The van der Waals surface area contributed by atoms with Gasteiger partial charge in [-0.15, -0.1) is 22.7 Å². The fourth-order valence-corrected chi connectivity index (χ4v) is 6.92. The third-order valence-electron chi connectivity index (χ3n) is 6.13. The molecular formula is C26H26N2OS2. The molecule has 0 bridgehead atoms. The van der Waals surface area contributed by atoms with E-state index in [1.54, 1.807) is 22.7 Å². The van der Waals surface area contributed by atoms with Crippen LogP contribution in [0.4, 0.5) is 5.00 Å². The highest BCUT2D eigenvalue weighted by Gasteiger charge is 2.27. The summed E-state index contributed by atoms with van der Waals surface area (Å²) in [5.74, 6) is 0.732. The molecule has 0 aliphatic heterocycles. The van der Waals surface area contributed by atoms with Gasteiger partial charge in [0, 0.05) is 10.4 Å².